The third-order valence-electron chi connectivity index (χ3n) is 3.27. The van der Waals surface area contributed by atoms with Crippen LogP contribution in [0.2, 0.25) is 0 Å². The molecule has 1 atom stereocenters. The largest absolute Gasteiger partial charge is 0.337 e. The lowest BCUT2D eigenvalue weighted by Gasteiger charge is -2.32. The molecule has 0 bridgehead atoms. The van der Waals surface area contributed by atoms with Crippen molar-refractivity contribution in [3.63, 3.8) is 0 Å². The minimum absolute atomic E-state index is 0.0572. The normalized spacial score (nSPS) is 19.9. The number of halogens is 2. The van der Waals surface area contributed by atoms with E-state index in [0.717, 1.165) is 35.7 Å². The summed E-state index contributed by atoms with van der Waals surface area (Å²) in [5.41, 5.74) is 0.540. The van der Waals surface area contributed by atoms with Crippen molar-refractivity contribution in [2.24, 2.45) is 5.92 Å². The van der Waals surface area contributed by atoms with Gasteiger partial charge in [-0.05, 0) is 53.2 Å². The van der Waals surface area contributed by atoms with Crippen molar-refractivity contribution >= 4 is 37.8 Å². The second kappa shape index (κ2) is 6.66. The van der Waals surface area contributed by atoms with E-state index < -0.39 is 0 Å². The monoisotopic (exact) mass is 374 g/mol. The van der Waals surface area contributed by atoms with Crippen molar-refractivity contribution in [1.29, 1.82) is 0 Å². The molecule has 1 saturated heterocycles. The molecule has 0 aromatic carbocycles. The lowest BCUT2D eigenvalue weighted by molar-refractivity contribution is 0.0666. The van der Waals surface area contributed by atoms with Gasteiger partial charge >= 0.3 is 0 Å². The van der Waals surface area contributed by atoms with Gasteiger partial charge in [0.2, 0.25) is 0 Å². The number of hydrogen-bond donors (Lipinski definition) is 0. The molecule has 18 heavy (non-hydrogen) atoms. The Morgan fingerprint density at radius 3 is 3.00 bits per heavy atom. The van der Waals surface area contributed by atoms with Gasteiger partial charge < -0.3 is 4.90 Å². The molecule has 2 heterocycles. The van der Waals surface area contributed by atoms with Crippen LogP contribution in [-0.2, 0) is 0 Å². The molecule has 1 aromatic heterocycles. The molecule has 2 rings (SSSR count). The van der Waals surface area contributed by atoms with Crippen LogP contribution in [0, 0.1) is 5.92 Å². The maximum Gasteiger partial charge on any atom is 0.272 e. The van der Waals surface area contributed by atoms with E-state index in [1.165, 1.54) is 6.42 Å². The quantitative estimate of drug-likeness (QED) is 0.757. The molecule has 0 aliphatic carbocycles. The molecule has 1 aliphatic heterocycles. The number of rotatable bonds is 3. The second-order valence-electron chi connectivity index (χ2n) is 4.60. The van der Waals surface area contributed by atoms with Gasteiger partial charge in [0.1, 0.15) is 5.69 Å². The van der Waals surface area contributed by atoms with Crippen molar-refractivity contribution in [2.75, 3.05) is 18.4 Å². The van der Waals surface area contributed by atoms with Gasteiger partial charge in [-0.25, -0.2) is 4.98 Å². The first-order valence-corrected chi connectivity index (χ1v) is 8.09. The highest BCUT2D eigenvalue weighted by Gasteiger charge is 2.24. The van der Waals surface area contributed by atoms with Gasteiger partial charge in [0, 0.05) is 29.1 Å². The van der Waals surface area contributed by atoms with Gasteiger partial charge in [-0.15, -0.1) is 0 Å². The van der Waals surface area contributed by atoms with E-state index in [-0.39, 0.29) is 5.91 Å². The molecule has 1 amide bonds. The van der Waals surface area contributed by atoms with Gasteiger partial charge in [0.05, 0.1) is 0 Å². The molecular formula is C13H16Br2N2O. The molecule has 0 spiro atoms. The number of amides is 1. The van der Waals surface area contributed by atoms with E-state index in [1.807, 2.05) is 11.0 Å². The molecule has 1 unspecified atom stereocenters. The number of likely N-dealkylation sites (tertiary alicyclic amines) is 1. The second-order valence-corrected chi connectivity index (χ2v) is 6.31. The number of carbonyl (C=O) groups excluding carboxylic acids is 1. The van der Waals surface area contributed by atoms with Crippen molar-refractivity contribution in [2.45, 2.75) is 19.3 Å². The summed E-state index contributed by atoms with van der Waals surface area (Å²) < 4.78 is 0.898. The fraction of sp³-hybridized carbons (Fsp3) is 0.538. The number of aromatic nitrogens is 1. The van der Waals surface area contributed by atoms with Crippen LogP contribution in [-0.4, -0.2) is 34.2 Å². The van der Waals surface area contributed by atoms with Crippen LogP contribution >= 0.6 is 31.9 Å². The van der Waals surface area contributed by atoms with Gasteiger partial charge in [-0.3, -0.25) is 4.79 Å². The zero-order chi connectivity index (χ0) is 13.0. The maximum absolute atomic E-state index is 12.3. The first-order valence-electron chi connectivity index (χ1n) is 6.17. The fourth-order valence-corrected chi connectivity index (χ4v) is 3.19. The Morgan fingerprint density at radius 2 is 2.33 bits per heavy atom. The predicted octanol–water partition coefficient (Wildman–Crippen LogP) is 3.48. The Morgan fingerprint density at radius 1 is 1.50 bits per heavy atom. The first kappa shape index (κ1) is 14.0. The average molecular weight is 376 g/mol. The van der Waals surface area contributed by atoms with Crippen LogP contribution in [0.5, 0.6) is 0 Å². The zero-order valence-electron chi connectivity index (χ0n) is 10.1. The van der Waals surface area contributed by atoms with Gasteiger partial charge in [0.25, 0.3) is 5.91 Å². The lowest BCUT2D eigenvalue weighted by atomic mass is 9.95. The first-order chi connectivity index (χ1) is 8.70. The van der Waals surface area contributed by atoms with E-state index in [0.29, 0.717) is 11.6 Å². The van der Waals surface area contributed by atoms with Crippen LogP contribution in [0.1, 0.15) is 29.8 Å². The molecule has 0 N–H and O–H groups in total. The molecule has 3 nitrogen and oxygen atoms in total. The minimum atomic E-state index is 0.0572. The molecule has 1 fully saturated rings. The van der Waals surface area contributed by atoms with Gasteiger partial charge in [-0.2, -0.15) is 0 Å². The van der Waals surface area contributed by atoms with Crippen LogP contribution in [0.15, 0.2) is 22.8 Å². The van der Waals surface area contributed by atoms with Crippen LogP contribution in [0.25, 0.3) is 0 Å². The summed E-state index contributed by atoms with van der Waals surface area (Å²) >= 11 is 6.80. The third-order valence-corrected chi connectivity index (χ3v) is 4.20. The Labute approximate surface area is 124 Å². The van der Waals surface area contributed by atoms with E-state index in [2.05, 4.69) is 36.8 Å². The summed E-state index contributed by atoms with van der Waals surface area (Å²) in [5, 5.41) is 1.01. The van der Waals surface area contributed by atoms with Crippen molar-refractivity contribution < 1.29 is 4.79 Å². The van der Waals surface area contributed by atoms with Gasteiger partial charge in [-0.1, -0.05) is 15.9 Å². The summed E-state index contributed by atoms with van der Waals surface area (Å²) in [6.45, 7) is 1.72. The Balaban J connectivity index is 2.02. The molecule has 1 aliphatic rings. The summed E-state index contributed by atoms with van der Waals surface area (Å²) in [6, 6.07) is 3.64. The standard InChI is InChI=1S/C13H16Br2N2O/c14-6-5-10-2-1-7-17(9-10)13(18)12-4-3-11(15)8-16-12/h3-4,8,10H,1-2,5-7,9H2. The Hall–Kier alpha value is -0.420. The topological polar surface area (TPSA) is 33.2 Å². The number of nitrogens with zero attached hydrogens (tertiary/aromatic N) is 2. The van der Waals surface area contributed by atoms with Crippen molar-refractivity contribution in [1.82, 2.24) is 9.88 Å². The number of piperidine rings is 1. The number of hydrogen-bond acceptors (Lipinski definition) is 2. The average Bonchev–Trinajstić information content (AvgIpc) is 2.39. The number of pyridine rings is 1. The van der Waals surface area contributed by atoms with E-state index in [9.17, 15) is 4.79 Å². The zero-order valence-corrected chi connectivity index (χ0v) is 13.3. The Bertz CT molecular complexity index is 406. The molecule has 0 radical (unpaired) electrons. The third kappa shape index (κ3) is 3.54. The lowest BCUT2D eigenvalue weighted by Crippen LogP contribution is -2.40. The molecule has 98 valence electrons. The predicted molar refractivity (Wildman–Crippen MR) is 79.0 cm³/mol. The SMILES string of the molecule is O=C(c1ccc(Br)cn1)N1CCCC(CCBr)C1. The highest BCUT2D eigenvalue weighted by Crippen LogP contribution is 2.21. The van der Waals surface area contributed by atoms with E-state index in [4.69, 9.17) is 0 Å². The molecular weight excluding hydrogens is 360 g/mol. The van der Waals surface area contributed by atoms with Crippen LogP contribution < -0.4 is 0 Å². The maximum atomic E-state index is 12.3. The molecule has 0 saturated carbocycles. The van der Waals surface area contributed by atoms with Crippen molar-refractivity contribution in [3.05, 3.63) is 28.5 Å². The van der Waals surface area contributed by atoms with Crippen LogP contribution in [0.3, 0.4) is 0 Å². The highest BCUT2D eigenvalue weighted by atomic mass is 79.9. The molecule has 1 aromatic rings. The van der Waals surface area contributed by atoms with Crippen molar-refractivity contribution in [3.8, 4) is 0 Å². The summed E-state index contributed by atoms with van der Waals surface area (Å²) in [4.78, 5) is 18.4. The minimum Gasteiger partial charge on any atom is -0.337 e. The smallest absolute Gasteiger partial charge is 0.272 e. The van der Waals surface area contributed by atoms with E-state index in [1.54, 1.807) is 12.3 Å². The van der Waals surface area contributed by atoms with Gasteiger partial charge in [0.15, 0.2) is 0 Å². The summed E-state index contributed by atoms with van der Waals surface area (Å²) in [6.07, 6.45) is 5.13. The number of alkyl halides is 1. The Kier molecular flexibility index (Phi) is 5.18. The highest BCUT2D eigenvalue weighted by molar-refractivity contribution is 9.10. The fourth-order valence-electron chi connectivity index (χ4n) is 2.30. The number of carbonyl (C=O) groups is 1. The summed E-state index contributed by atoms with van der Waals surface area (Å²) in [5.74, 6) is 0.680. The summed E-state index contributed by atoms with van der Waals surface area (Å²) in [7, 11) is 0. The van der Waals surface area contributed by atoms with Crippen LogP contribution in [0.4, 0.5) is 0 Å². The molecule has 5 heteroatoms. The van der Waals surface area contributed by atoms with E-state index >= 15 is 0 Å².